The number of hydrogen-bond acceptors (Lipinski definition) is 3. The van der Waals surface area contributed by atoms with Gasteiger partial charge in [-0.2, -0.15) is 5.10 Å². The minimum Gasteiger partial charge on any atom is -0.496 e. The van der Waals surface area contributed by atoms with Gasteiger partial charge in [-0.15, -0.1) is 0 Å². The molecule has 1 unspecified atom stereocenters. The van der Waals surface area contributed by atoms with Crippen LogP contribution in [0, 0.1) is 0 Å². The van der Waals surface area contributed by atoms with Gasteiger partial charge in [0.1, 0.15) is 5.75 Å². The maximum atomic E-state index is 5.77. The molecule has 0 bridgehead atoms. The van der Waals surface area contributed by atoms with Crippen molar-refractivity contribution in [1.82, 2.24) is 9.78 Å². The lowest BCUT2D eigenvalue weighted by Gasteiger charge is -2.07. The SMILES string of the molecule is COc1ccccc1Cn1cc(CC(C)N)cn1. The van der Waals surface area contributed by atoms with Gasteiger partial charge in [-0.3, -0.25) is 4.68 Å². The van der Waals surface area contributed by atoms with Crippen molar-refractivity contribution in [3.05, 3.63) is 47.8 Å². The van der Waals surface area contributed by atoms with Crippen LogP contribution in [0.3, 0.4) is 0 Å². The van der Waals surface area contributed by atoms with E-state index in [1.54, 1.807) is 7.11 Å². The van der Waals surface area contributed by atoms with Crippen LogP contribution in [-0.4, -0.2) is 22.9 Å². The molecule has 0 radical (unpaired) electrons. The van der Waals surface area contributed by atoms with Crippen LogP contribution in [0.2, 0.25) is 0 Å². The molecule has 0 saturated heterocycles. The summed E-state index contributed by atoms with van der Waals surface area (Å²) in [4.78, 5) is 0. The van der Waals surface area contributed by atoms with Gasteiger partial charge in [0.2, 0.25) is 0 Å². The summed E-state index contributed by atoms with van der Waals surface area (Å²) in [6.45, 7) is 2.71. The van der Waals surface area contributed by atoms with Crippen LogP contribution >= 0.6 is 0 Å². The standard InChI is InChI=1S/C14H19N3O/c1-11(15)7-12-8-16-17(9-12)10-13-5-3-4-6-14(13)18-2/h3-6,8-9,11H,7,10,15H2,1-2H3. The lowest BCUT2D eigenvalue weighted by atomic mass is 10.1. The predicted molar refractivity (Wildman–Crippen MR) is 71.7 cm³/mol. The Morgan fingerprint density at radius 1 is 1.39 bits per heavy atom. The molecule has 2 N–H and O–H groups in total. The number of benzene rings is 1. The lowest BCUT2D eigenvalue weighted by Crippen LogP contribution is -2.17. The maximum absolute atomic E-state index is 5.77. The highest BCUT2D eigenvalue weighted by Gasteiger charge is 2.05. The summed E-state index contributed by atoms with van der Waals surface area (Å²) in [7, 11) is 1.68. The molecule has 0 spiro atoms. The third-order valence-electron chi connectivity index (χ3n) is 2.77. The first-order valence-corrected chi connectivity index (χ1v) is 6.08. The van der Waals surface area contributed by atoms with Crippen molar-refractivity contribution >= 4 is 0 Å². The number of nitrogens with zero attached hydrogens (tertiary/aromatic N) is 2. The Hall–Kier alpha value is -1.81. The van der Waals surface area contributed by atoms with Crippen molar-refractivity contribution in [2.75, 3.05) is 7.11 Å². The van der Waals surface area contributed by atoms with Crippen molar-refractivity contribution in [2.45, 2.75) is 25.9 Å². The first-order chi connectivity index (χ1) is 8.69. The molecule has 1 aromatic heterocycles. The second kappa shape index (κ2) is 5.69. The Bertz CT molecular complexity index is 505. The van der Waals surface area contributed by atoms with E-state index in [4.69, 9.17) is 10.5 Å². The molecule has 0 saturated carbocycles. The van der Waals surface area contributed by atoms with E-state index < -0.39 is 0 Å². The maximum Gasteiger partial charge on any atom is 0.123 e. The molecule has 0 aliphatic heterocycles. The van der Waals surface area contributed by atoms with E-state index in [-0.39, 0.29) is 6.04 Å². The number of rotatable bonds is 5. The van der Waals surface area contributed by atoms with E-state index in [0.717, 1.165) is 17.7 Å². The van der Waals surface area contributed by atoms with E-state index in [9.17, 15) is 0 Å². The van der Waals surface area contributed by atoms with Crippen molar-refractivity contribution in [3.8, 4) is 5.75 Å². The second-order valence-electron chi connectivity index (χ2n) is 4.54. The highest BCUT2D eigenvalue weighted by Crippen LogP contribution is 2.18. The molecule has 18 heavy (non-hydrogen) atoms. The van der Waals surface area contributed by atoms with Crippen LogP contribution in [0.25, 0.3) is 0 Å². The molecule has 2 aromatic rings. The van der Waals surface area contributed by atoms with Crippen molar-refractivity contribution < 1.29 is 4.74 Å². The summed E-state index contributed by atoms with van der Waals surface area (Å²) in [6, 6.07) is 8.14. The molecule has 96 valence electrons. The molecule has 0 fully saturated rings. The van der Waals surface area contributed by atoms with Gasteiger partial charge >= 0.3 is 0 Å². The van der Waals surface area contributed by atoms with Crippen LogP contribution in [-0.2, 0) is 13.0 Å². The number of nitrogens with two attached hydrogens (primary N) is 1. The summed E-state index contributed by atoms with van der Waals surface area (Å²) in [5, 5.41) is 4.35. The molecule has 1 aromatic carbocycles. The molecule has 2 rings (SSSR count). The van der Waals surface area contributed by atoms with Gasteiger partial charge in [-0.05, 0) is 25.0 Å². The fourth-order valence-corrected chi connectivity index (χ4v) is 1.98. The van der Waals surface area contributed by atoms with E-state index >= 15 is 0 Å². The van der Waals surface area contributed by atoms with Gasteiger partial charge < -0.3 is 10.5 Å². The van der Waals surface area contributed by atoms with Gasteiger partial charge in [0.05, 0.1) is 19.9 Å². The largest absolute Gasteiger partial charge is 0.496 e. The Balaban J connectivity index is 2.11. The van der Waals surface area contributed by atoms with E-state index in [1.807, 2.05) is 48.3 Å². The molecule has 1 heterocycles. The molecule has 4 heteroatoms. The van der Waals surface area contributed by atoms with Crippen molar-refractivity contribution in [2.24, 2.45) is 5.73 Å². The van der Waals surface area contributed by atoms with E-state index in [1.165, 1.54) is 5.56 Å². The summed E-state index contributed by atoms with van der Waals surface area (Å²) >= 11 is 0. The van der Waals surface area contributed by atoms with E-state index in [0.29, 0.717) is 6.54 Å². The second-order valence-corrected chi connectivity index (χ2v) is 4.54. The number of aromatic nitrogens is 2. The van der Waals surface area contributed by atoms with Crippen molar-refractivity contribution in [3.63, 3.8) is 0 Å². The Kier molecular flexibility index (Phi) is 3.99. The Morgan fingerprint density at radius 3 is 2.89 bits per heavy atom. The summed E-state index contributed by atoms with van der Waals surface area (Å²) < 4.78 is 7.24. The lowest BCUT2D eigenvalue weighted by molar-refractivity contribution is 0.407. The molecular weight excluding hydrogens is 226 g/mol. The number of para-hydroxylation sites is 1. The fraction of sp³-hybridized carbons (Fsp3) is 0.357. The van der Waals surface area contributed by atoms with Gasteiger partial charge in [0.25, 0.3) is 0 Å². The zero-order valence-corrected chi connectivity index (χ0v) is 10.8. The zero-order valence-electron chi connectivity index (χ0n) is 10.8. The predicted octanol–water partition coefficient (Wildman–Crippen LogP) is 1.83. The fourth-order valence-electron chi connectivity index (χ4n) is 1.98. The highest BCUT2D eigenvalue weighted by molar-refractivity contribution is 5.33. The van der Waals surface area contributed by atoms with Gasteiger partial charge in [-0.25, -0.2) is 0 Å². The van der Waals surface area contributed by atoms with Crippen LogP contribution in [0.15, 0.2) is 36.7 Å². The smallest absolute Gasteiger partial charge is 0.123 e. The summed E-state index contributed by atoms with van der Waals surface area (Å²) in [5.41, 5.74) is 8.06. The van der Waals surface area contributed by atoms with Gasteiger partial charge in [0.15, 0.2) is 0 Å². The number of methoxy groups -OCH3 is 1. The highest BCUT2D eigenvalue weighted by atomic mass is 16.5. The normalized spacial score (nSPS) is 12.4. The molecular formula is C14H19N3O. The zero-order chi connectivity index (χ0) is 13.0. The monoisotopic (exact) mass is 245 g/mol. The molecule has 1 atom stereocenters. The first kappa shape index (κ1) is 12.6. The summed E-state index contributed by atoms with van der Waals surface area (Å²) in [5.74, 6) is 0.891. The molecule has 0 aliphatic rings. The third kappa shape index (κ3) is 3.11. The summed E-state index contributed by atoms with van der Waals surface area (Å²) in [6.07, 6.45) is 4.76. The average molecular weight is 245 g/mol. The Labute approximate surface area is 107 Å². The first-order valence-electron chi connectivity index (χ1n) is 6.08. The Morgan fingerprint density at radius 2 is 2.17 bits per heavy atom. The third-order valence-corrected chi connectivity index (χ3v) is 2.77. The van der Waals surface area contributed by atoms with Crippen LogP contribution in [0.4, 0.5) is 0 Å². The number of hydrogen-bond donors (Lipinski definition) is 1. The average Bonchev–Trinajstić information content (AvgIpc) is 2.76. The minimum absolute atomic E-state index is 0.161. The molecule has 0 amide bonds. The number of ether oxygens (including phenoxy) is 1. The quantitative estimate of drug-likeness (QED) is 0.874. The van der Waals surface area contributed by atoms with Crippen LogP contribution in [0.1, 0.15) is 18.1 Å². The molecule has 0 aliphatic carbocycles. The van der Waals surface area contributed by atoms with E-state index in [2.05, 4.69) is 5.10 Å². The minimum atomic E-state index is 0.161. The van der Waals surface area contributed by atoms with Crippen molar-refractivity contribution in [1.29, 1.82) is 0 Å². The van der Waals surface area contributed by atoms with Gasteiger partial charge in [-0.1, -0.05) is 18.2 Å². The van der Waals surface area contributed by atoms with Crippen LogP contribution in [0.5, 0.6) is 5.75 Å². The van der Waals surface area contributed by atoms with Crippen LogP contribution < -0.4 is 10.5 Å². The van der Waals surface area contributed by atoms with Gasteiger partial charge in [0, 0.05) is 17.8 Å². The topological polar surface area (TPSA) is 53.1 Å². The molecule has 4 nitrogen and oxygen atoms in total.